The van der Waals surface area contributed by atoms with Gasteiger partial charge >= 0.3 is 6.03 Å². The Labute approximate surface area is 184 Å². The molecule has 2 heterocycles. The first-order valence-corrected chi connectivity index (χ1v) is 10.3. The van der Waals surface area contributed by atoms with E-state index >= 15 is 0 Å². The summed E-state index contributed by atoms with van der Waals surface area (Å²) in [6.45, 7) is 7.22. The maximum Gasteiger partial charge on any atom is 0.323 e. The standard InChI is InChI=1S/C23H22FN5OS/c1-4-18(24)9-8-16(3)26-22(30)27-19-10-7-15(2)20(12-19)28-23-29-21(14-31-23)17-6-5-11-25-13-17/h4-14H,3H2,1-2H3,(H,28,29)(H2,26,27,30)/b9-8-,18-4+. The van der Waals surface area contributed by atoms with Gasteiger partial charge in [-0.15, -0.1) is 11.3 Å². The molecule has 2 aromatic heterocycles. The molecule has 8 heteroatoms. The van der Waals surface area contributed by atoms with Crippen molar-refractivity contribution in [3.8, 4) is 11.3 Å². The fourth-order valence-electron chi connectivity index (χ4n) is 2.55. The van der Waals surface area contributed by atoms with Crippen molar-refractivity contribution in [3.63, 3.8) is 0 Å². The number of thiazole rings is 1. The summed E-state index contributed by atoms with van der Waals surface area (Å²) < 4.78 is 13.1. The highest BCUT2D eigenvalue weighted by atomic mass is 32.1. The molecule has 0 aliphatic carbocycles. The van der Waals surface area contributed by atoms with Crippen LogP contribution < -0.4 is 16.0 Å². The third-order valence-corrected chi connectivity index (χ3v) is 4.95. The Bertz CT molecular complexity index is 1140. The molecule has 3 rings (SSSR count). The topological polar surface area (TPSA) is 78.9 Å². The third kappa shape index (κ3) is 6.35. The minimum absolute atomic E-state index is 0.269. The number of benzene rings is 1. The smallest absolute Gasteiger partial charge is 0.323 e. The van der Waals surface area contributed by atoms with Gasteiger partial charge in [0.1, 0.15) is 5.83 Å². The number of amides is 2. The number of aryl methyl sites for hydroxylation is 1. The van der Waals surface area contributed by atoms with Gasteiger partial charge in [0.25, 0.3) is 0 Å². The van der Waals surface area contributed by atoms with Crippen molar-refractivity contribution >= 4 is 33.9 Å². The maximum absolute atomic E-state index is 13.1. The fourth-order valence-corrected chi connectivity index (χ4v) is 3.29. The Balaban J connectivity index is 1.65. The molecular formula is C23H22FN5OS. The summed E-state index contributed by atoms with van der Waals surface area (Å²) in [5, 5.41) is 11.3. The van der Waals surface area contributed by atoms with Crippen LogP contribution in [0.4, 0.5) is 25.7 Å². The average molecular weight is 436 g/mol. The van der Waals surface area contributed by atoms with Crippen molar-refractivity contribution in [3.05, 3.63) is 90.0 Å². The van der Waals surface area contributed by atoms with Crippen LogP contribution in [-0.4, -0.2) is 16.0 Å². The number of carbonyl (C=O) groups is 1. The van der Waals surface area contributed by atoms with Crippen molar-refractivity contribution in [1.82, 2.24) is 15.3 Å². The van der Waals surface area contributed by atoms with E-state index in [1.54, 1.807) is 25.4 Å². The van der Waals surface area contributed by atoms with Crippen molar-refractivity contribution in [2.24, 2.45) is 0 Å². The number of anilines is 3. The summed E-state index contributed by atoms with van der Waals surface area (Å²) in [6.07, 6.45) is 7.42. The lowest BCUT2D eigenvalue weighted by Gasteiger charge is -2.11. The maximum atomic E-state index is 13.1. The van der Waals surface area contributed by atoms with Crippen molar-refractivity contribution in [2.45, 2.75) is 13.8 Å². The van der Waals surface area contributed by atoms with E-state index in [0.29, 0.717) is 5.69 Å². The second kappa shape index (κ2) is 10.3. The number of allylic oxidation sites excluding steroid dienone is 4. The molecule has 0 atom stereocenters. The van der Waals surface area contributed by atoms with Gasteiger partial charge in [-0.2, -0.15) is 0 Å². The van der Waals surface area contributed by atoms with Gasteiger partial charge in [0.05, 0.1) is 5.69 Å². The summed E-state index contributed by atoms with van der Waals surface area (Å²) in [4.78, 5) is 20.9. The SMILES string of the molecule is C=C(/C=C\C(F)=C/C)NC(=O)Nc1ccc(C)c(Nc2nc(-c3cccnc3)cs2)c1. The van der Waals surface area contributed by atoms with E-state index in [0.717, 1.165) is 27.6 Å². The van der Waals surface area contributed by atoms with E-state index in [1.807, 2.05) is 36.6 Å². The van der Waals surface area contributed by atoms with Crippen LogP contribution in [0.2, 0.25) is 0 Å². The summed E-state index contributed by atoms with van der Waals surface area (Å²) in [7, 11) is 0. The van der Waals surface area contributed by atoms with Crippen LogP contribution in [0.15, 0.2) is 84.4 Å². The molecule has 158 valence electrons. The third-order valence-electron chi connectivity index (χ3n) is 4.19. The van der Waals surface area contributed by atoms with Crippen LogP contribution in [0.25, 0.3) is 11.3 Å². The van der Waals surface area contributed by atoms with E-state index in [4.69, 9.17) is 0 Å². The molecule has 0 aliphatic heterocycles. The lowest BCUT2D eigenvalue weighted by Crippen LogP contribution is -2.27. The first-order chi connectivity index (χ1) is 14.9. The molecule has 0 bridgehead atoms. The van der Waals surface area contributed by atoms with Crippen LogP contribution in [-0.2, 0) is 0 Å². The molecule has 0 saturated heterocycles. The van der Waals surface area contributed by atoms with E-state index in [-0.39, 0.29) is 5.70 Å². The Hall–Kier alpha value is -3.78. The summed E-state index contributed by atoms with van der Waals surface area (Å²) in [6, 6.07) is 8.85. The monoisotopic (exact) mass is 435 g/mol. The fraction of sp³-hybridized carbons (Fsp3) is 0.0870. The average Bonchev–Trinajstić information content (AvgIpc) is 3.23. The number of hydrogen-bond donors (Lipinski definition) is 3. The number of nitrogens with one attached hydrogen (secondary N) is 3. The molecule has 0 saturated carbocycles. The predicted octanol–water partition coefficient (Wildman–Crippen LogP) is 6.32. The molecule has 1 aromatic carbocycles. The highest BCUT2D eigenvalue weighted by Gasteiger charge is 2.09. The number of halogens is 1. The number of pyridine rings is 1. The van der Waals surface area contributed by atoms with Crippen LogP contribution in [0.5, 0.6) is 0 Å². The van der Waals surface area contributed by atoms with Gasteiger partial charge in [-0.3, -0.25) is 4.98 Å². The minimum atomic E-state index is -0.474. The zero-order valence-electron chi connectivity index (χ0n) is 17.1. The van der Waals surface area contributed by atoms with Gasteiger partial charge in [0.15, 0.2) is 5.13 Å². The number of aromatic nitrogens is 2. The molecule has 31 heavy (non-hydrogen) atoms. The van der Waals surface area contributed by atoms with E-state index in [2.05, 4.69) is 32.5 Å². The lowest BCUT2D eigenvalue weighted by atomic mass is 10.2. The molecule has 0 radical (unpaired) electrons. The Morgan fingerprint density at radius 3 is 2.84 bits per heavy atom. The zero-order chi connectivity index (χ0) is 22.2. The van der Waals surface area contributed by atoms with Gasteiger partial charge in [-0.05, 0) is 55.8 Å². The first-order valence-electron chi connectivity index (χ1n) is 9.45. The molecule has 3 N–H and O–H groups in total. The van der Waals surface area contributed by atoms with E-state index in [9.17, 15) is 9.18 Å². The van der Waals surface area contributed by atoms with Gasteiger partial charge in [-0.25, -0.2) is 14.2 Å². The first kappa shape index (κ1) is 21.9. The van der Waals surface area contributed by atoms with E-state index < -0.39 is 11.9 Å². The molecule has 0 spiro atoms. The second-order valence-corrected chi connectivity index (χ2v) is 7.40. The Morgan fingerprint density at radius 2 is 2.10 bits per heavy atom. The minimum Gasteiger partial charge on any atom is -0.331 e. The van der Waals surface area contributed by atoms with E-state index in [1.165, 1.54) is 29.6 Å². The van der Waals surface area contributed by atoms with Crippen LogP contribution in [0.3, 0.4) is 0 Å². The van der Waals surface area contributed by atoms with Crippen LogP contribution in [0.1, 0.15) is 12.5 Å². The van der Waals surface area contributed by atoms with Gasteiger partial charge < -0.3 is 16.0 Å². The number of nitrogens with zero attached hydrogens (tertiary/aromatic N) is 2. The molecule has 6 nitrogen and oxygen atoms in total. The number of urea groups is 1. The number of rotatable bonds is 7. The quantitative estimate of drug-likeness (QED) is 0.379. The highest BCUT2D eigenvalue weighted by Crippen LogP contribution is 2.29. The van der Waals surface area contributed by atoms with Crippen LogP contribution >= 0.6 is 11.3 Å². The zero-order valence-corrected chi connectivity index (χ0v) is 18.0. The summed E-state index contributed by atoms with van der Waals surface area (Å²) in [5.74, 6) is -0.411. The Kier molecular flexibility index (Phi) is 7.29. The molecule has 0 fully saturated rings. The van der Waals surface area contributed by atoms with Crippen LogP contribution in [0, 0.1) is 6.92 Å². The molecule has 0 unspecified atom stereocenters. The van der Waals surface area contributed by atoms with Crippen molar-refractivity contribution < 1.29 is 9.18 Å². The molecule has 2 amide bonds. The van der Waals surface area contributed by atoms with Gasteiger partial charge in [-0.1, -0.05) is 18.7 Å². The summed E-state index contributed by atoms with van der Waals surface area (Å²) in [5.41, 5.74) is 4.46. The number of hydrogen-bond acceptors (Lipinski definition) is 5. The largest absolute Gasteiger partial charge is 0.331 e. The molecule has 3 aromatic rings. The second-order valence-electron chi connectivity index (χ2n) is 6.55. The van der Waals surface area contributed by atoms with Gasteiger partial charge in [0, 0.05) is 40.4 Å². The highest BCUT2D eigenvalue weighted by molar-refractivity contribution is 7.14. The van der Waals surface area contributed by atoms with Gasteiger partial charge in [0.2, 0.25) is 0 Å². The lowest BCUT2D eigenvalue weighted by molar-refractivity contribution is 0.254. The predicted molar refractivity (Wildman–Crippen MR) is 125 cm³/mol. The number of carbonyl (C=O) groups excluding carboxylic acids is 1. The van der Waals surface area contributed by atoms with Crippen molar-refractivity contribution in [2.75, 3.05) is 10.6 Å². The molecule has 0 aliphatic rings. The molecular weight excluding hydrogens is 413 g/mol. The van der Waals surface area contributed by atoms with Crippen molar-refractivity contribution in [1.29, 1.82) is 0 Å². The Morgan fingerprint density at radius 1 is 1.26 bits per heavy atom. The summed E-state index contributed by atoms with van der Waals surface area (Å²) >= 11 is 1.48. The normalized spacial score (nSPS) is 11.4.